The number of fused-ring (bicyclic) bond motifs is 2. The van der Waals surface area contributed by atoms with Crippen molar-refractivity contribution in [1.29, 1.82) is 0 Å². The van der Waals surface area contributed by atoms with E-state index in [9.17, 15) is 5.11 Å². The minimum absolute atomic E-state index is 0.0367. The van der Waals surface area contributed by atoms with Crippen molar-refractivity contribution in [2.45, 2.75) is 49.4 Å². The highest BCUT2D eigenvalue weighted by atomic mass is 16.3. The lowest BCUT2D eigenvalue weighted by atomic mass is 9.65. The summed E-state index contributed by atoms with van der Waals surface area (Å²) in [5, 5.41) is 15.2. The maximum absolute atomic E-state index is 11.4. The van der Waals surface area contributed by atoms with Gasteiger partial charge in [-0.2, -0.15) is 0 Å². The molecule has 0 radical (unpaired) electrons. The smallest absolute Gasteiger partial charge is 0.0707 e. The van der Waals surface area contributed by atoms with Crippen molar-refractivity contribution in [1.82, 2.24) is 4.90 Å². The number of piperidine rings is 4. The second-order valence-electron chi connectivity index (χ2n) is 7.95. The van der Waals surface area contributed by atoms with Crippen molar-refractivity contribution < 1.29 is 5.11 Å². The summed E-state index contributed by atoms with van der Waals surface area (Å²) >= 11 is 0. The molecule has 5 aliphatic heterocycles. The molecule has 2 unspecified atom stereocenters. The highest BCUT2D eigenvalue weighted by molar-refractivity contribution is 5.65. The van der Waals surface area contributed by atoms with Crippen LogP contribution < -0.4 is 5.32 Å². The van der Waals surface area contributed by atoms with E-state index in [2.05, 4.69) is 47.5 Å². The minimum Gasteiger partial charge on any atom is -0.392 e. The lowest BCUT2D eigenvalue weighted by Crippen LogP contribution is -2.66. The van der Waals surface area contributed by atoms with Crippen molar-refractivity contribution in [2.75, 3.05) is 11.9 Å². The second-order valence-corrected chi connectivity index (χ2v) is 7.95. The first-order chi connectivity index (χ1) is 10.8. The molecule has 0 aromatic heterocycles. The van der Waals surface area contributed by atoms with E-state index < -0.39 is 0 Å². The zero-order valence-corrected chi connectivity index (χ0v) is 12.9. The van der Waals surface area contributed by atoms with Crippen LogP contribution in [0.4, 0.5) is 5.69 Å². The van der Waals surface area contributed by atoms with Gasteiger partial charge in [0.25, 0.3) is 0 Å². The Balaban J connectivity index is 1.60. The van der Waals surface area contributed by atoms with Crippen molar-refractivity contribution in [3.05, 3.63) is 41.5 Å². The zero-order valence-electron chi connectivity index (χ0n) is 12.9. The van der Waals surface area contributed by atoms with Crippen LogP contribution >= 0.6 is 0 Å². The standard InChI is InChI=1S/C19H22N2O/c1-2-10-9-21-14-7-11(10)16-15(21)8-19(18(16)22)12-5-3-4-6-13(12)20-17(14)19/h2-6,11,14-18,20,22H,7-9H2,1H3/b10-2+/t11-,14-,15-,16?,17-,18+,19+/m0/s1. The van der Waals surface area contributed by atoms with Crippen molar-refractivity contribution in [3.63, 3.8) is 0 Å². The molecule has 3 heteroatoms. The molecule has 4 saturated heterocycles. The molecular weight excluding hydrogens is 272 g/mol. The van der Waals surface area contributed by atoms with Crippen LogP contribution in [0, 0.1) is 11.8 Å². The third-order valence-electron chi connectivity index (χ3n) is 7.59. The molecule has 1 aromatic rings. The molecule has 6 aliphatic rings. The predicted octanol–water partition coefficient (Wildman–Crippen LogP) is 2.13. The molecule has 1 aliphatic carbocycles. The van der Waals surface area contributed by atoms with Gasteiger partial charge in [-0.15, -0.1) is 0 Å². The van der Waals surface area contributed by atoms with Crippen LogP contribution in [-0.2, 0) is 5.41 Å². The van der Waals surface area contributed by atoms with Gasteiger partial charge in [0, 0.05) is 35.6 Å². The lowest BCUT2D eigenvalue weighted by molar-refractivity contribution is -0.0318. The van der Waals surface area contributed by atoms with Crippen LogP contribution in [0.15, 0.2) is 35.9 Å². The summed E-state index contributed by atoms with van der Waals surface area (Å²) in [7, 11) is 0. The van der Waals surface area contributed by atoms with Crippen LogP contribution in [0.25, 0.3) is 0 Å². The number of allylic oxidation sites excluding steroid dienone is 1. The maximum atomic E-state index is 11.4. The first kappa shape index (κ1) is 12.1. The number of nitrogens with one attached hydrogen (secondary N) is 1. The Labute approximate surface area is 131 Å². The van der Waals surface area contributed by atoms with E-state index in [0.29, 0.717) is 30.0 Å². The lowest BCUT2D eigenvalue weighted by Gasteiger charge is -2.57. The molecule has 1 spiro atoms. The van der Waals surface area contributed by atoms with Gasteiger partial charge in [0.15, 0.2) is 0 Å². The molecule has 8 atom stereocenters. The highest BCUT2D eigenvalue weighted by Gasteiger charge is 2.73. The van der Waals surface area contributed by atoms with Crippen molar-refractivity contribution in [3.8, 4) is 0 Å². The molecule has 0 amide bonds. The summed E-state index contributed by atoms with van der Waals surface area (Å²) in [6.07, 6.45) is 4.47. The average Bonchev–Trinajstić information content (AvgIpc) is 3.02. The van der Waals surface area contributed by atoms with E-state index in [1.165, 1.54) is 17.7 Å². The van der Waals surface area contributed by atoms with Gasteiger partial charge >= 0.3 is 0 Å². The van der Waals surface area contributed by atoms with Crippen LogP contribution in [0.3, 0.4) is 0 Å². The molecule has 3 nitrogen and oxygen atoms in total. The Morgan fingerprint density at radius 2 is 2.18 bits per heavy atom. The molecular formula is C19H22N2O. The first-order valence-corrected chi connectivity index (χ1v) is 8.70. The summed E-state index contributed by atoms with van der Waals surface area (Å²) < 4.78 is 0. The van der Waals surface area contributed by atoms with Gasteiger partial charge in [0.1, 0.15) is 0 Å². The third kappa shape index (κ3) is 1.05. The molecule has 22 heavy (non-hydrogen) atoms. The minimum atomic E-state index is -0.200. The first-order valence-electron chi connectivity index (χ1n) is 8.70. The number of hydrogen-bond acceptors (Lipinski definition) is 3. The van der Waals surface area contributed by atoms with E-state index in [1.54, 1.807) is 5.57 Å². The molecule has 1 aromatic carbocycles. The number of para-hydroxylation sites is 1. The van der Waals surface area contributed by atoms with E-state index in [0.717, 1.165) is 13.0 Å². The van der Waals surface area contributed by atoms with Crippen LogP contribution in [0.1, 0.15) is 25.3 Å². The molecule has 5 bridgehead atoms. The Morgan fingerprint density at radius 3 is 3.05 bits per heavy atom. The average molecular weight is 294 g/mol. The fourth-order valence-electron chi connectivity index (χ4n) is 6.87. The number of hydrogen-bond donors (Lipinski definition) is 2. The molecule has 5 fully saturated rings. The summed E-state index contributed by atoms with van der Waals surface area (Å²) in [4.78, 5) is 2.72. The molecule has 7 rings (SSSR count). The van der Waals surface area contributed by atoms with Gasteiger partial charge in [0.05, 0.1) is 12.1 Å². The number of anilines is 1. The normalized spacial score (nSPS) is 54.5. The number of benzene rings is 1. The Hall–Kier alpha value is -1.32. The monoisotopic (exact) mass is 294 g/mol. The summed E-state index contributed by atoms with van der Waals surface area (Å²) in [5.41, 5.74) is 4.18. The number of rotatable bonds is 0. The van der Waals surface area contributed by atoms with Crippen LogP contribution in [0.2, 0.25) is 0 Å². The third-order valence-corrected chi connectivity index (χ3v) is 7.59. The van der Waals surface area contributed by atoms with Crippen molar-refractivity contribution in [2.24, 2.45) is 11.8 Å². The Kier molecular flexibility index (Phi) is 1.99. The summed E-state index contributed by atoms with van der Waals surface area (Å²) in [5.74, 6) is 1.05. The second kappa shape index (κ2) is 3.60. The molecule has 1 saturated carbocycles. The van der Waals surface area contributed by atoms with Gasteiger partial charge < -0.3 is 10.4 Å². The van der Waals surface area contributed by atoms with Gasteiger partial charge in [-0.1, -0.05) is 29.8 Å². The number of nitrogens with zero attached hydrogens (tertiary/aromatic N) is 1. The number of aliphatic hydroxyl groups excluding tert-OH is 1. The van der Waals surface area contributed by atoms with Crippen LogP contribution in [-0.4, -0.2) is 40.8 Å². The van der Waals surface area contributed by atoms with Crippen LogP contribution in [0.5, 0.6) is 0 Å². The molecule has 114 valence electrons. The summed E-state index contributed by atoms with van der Waals surface area (Å²) in [6.45, 7) is 3.30. The van der Waals surface area contributed by atoms with Gasteiger partial charge in [-0.3, -0.25) is 4.90 Å². The van der Waals surface area contributed by atoms with E-state index in [-0.39, 0.29) is 11.5 Å². The summed E-state index contributed by atoms with van der Waals surface area (Å²) in [6, 6.07) is 10.3. The fraction of sp³-hybridized carbons (Fsp3) is 0.579. The molecule has 5 heterocycles. The quantitative estimate of drug-likeness (QED) is 0.720. The van der Waals surface area contributed by atoms with E-state index in [1.807, 2.05) is 0 Å². The Morgan fingerprint density at radius 1 is 1.32 bits per heavy atom. The van der Waals surface area contributed by atoms with Crippen molar-refractivity contribution >= 4 is 5.69 Å². The zero-order chi connectivity index (χ0) is 14.6. The topological polar surface area (TPSA) is 35.5 Å². The van der Waals surface area contributed by atoms with E-state index in [4.69, 9.17) is 0 Å². The SMILES string of the molecule is C/C=C1\CN2[C@H]3C[C@@]45c6ccccc6N[C@H]4[C@@H]2C[C@@H]1C3[C@H]5O. The molecule has 2 N–H and O–H groups in total. The predicted molar refractivity (Wildman–Crippen MR) is 85.8 cm³/mol. The largest absolute Gasteiger partial charge is 0.392 e. The van der Waals surface area contributed by atoms with Gasteiger partial charge in [-0.25, -0.2) is 0 Å². The fourth-order valence-corrected chi connectivity index (χ4v) is 6.87. The van der Waals surface area contributed by atoms with Gasteiger partial charge in [0.2, 0.25) is 0 Å². The highest BCUT2D eigenvalue weighted by Crippen LogP contribution is 2.66. The van der Waals surface area contributed by atoms with E-state index >= 15 is 0 Å². The number of aliphatic hydroxyl groups is 1. The Bertz CT molecular complexity index is 713. The maximum Gasteiger partial charge on any atom is 0.0707 e. The van der Waals surface area contributed by atoms with Gasteiger partial charge in [-0.05, 0) is 37.3 Å².